The molecule has 0 saturated heterocycles. The van der Waals surface area contributed by atoms with Crippen LogP contribution in [0, 0.1) is 0 Å². The van der Waals surface area contributed by atoms with Crippen molar-refractivity contribution in [3.05, 3.63) is 77.3 Å². The van der Waals surface area contributed by atoms with E-state index in [0.29, 0.717) is 28.9 Å². The molecule has 3 rings (SSSR count). The Labute approximate surface area is 174 Å². The Hall–Kier alpha value is -3.68. The summed E-state index contributed by atoms with van der Waals surface area (Å²) in [5, 5.41) is 5.31. The number of hydrogen-bond acceptors (Lipinski definition) is 5. The van der Waals surface area contributed by atoms with Gasteiger partial charge in [-0.1, -0.05) is 18.2 Å². The number of rotatable bonds is 7. The largest absolute Gasteiger partial charge is 0.463 e. The topological polar surface area (TPSA) is 97.6 Å². The maximum absolute atomic E-state index is 12.4. The van der Waals surface area contributed by atoms with Gasteiger partial charge in [0.2, 0.25) is 0 Å². The van der Waals surface area contributed by atoms with Gasteiger partial charge < -0.3 is 20.1 Å². The zero-order valence-corrected chi connectivity index (χ0v) is 16.9. The number of aromatic nitrogens is 1. The van der Waals surface area contributed by atoms with E-state index in [4.69, 9.17) is 9.47 Å². The summed E-state index contributed by atoms with van der Waals surface area (Å²) in [5.74, 6) is -0.945. The van der Waals surface area contributed by atoms with Crippen molar-refractivity contribution in [2.45, 2.75) is 26.4 Å². The zero-order valence-electron chi connectivity index (χ0n) is 16.9. The Morgan fingerprint density at radius 1 is 1.03 bits per heavy atom. The number of amides is 2. The van der Waals surface area contributed by atoms with Crippen LogP contribution in [0.25, 0.3) is 0 Å². The van der Waals surface area contributed by atoms with E-state index in [1.54, 1.807) is 38.1 Å². The van der Waals surface area contributed by atoms with Gasteiger partial charge in [0.1, 0.15) is 0 Å². The molecule has 2 heterocycles. The molecule has 0 fully saturated rings. The van der Waals surface area contributed by atoms with Crippen molar-refractivity contribution in [1.82, 2.24) is 10.6 Å². The fourth-order valence-electron chi connectivity index (χ4n) is 3.15. The quantitative estimate of drug-likeness (QED) is 0.538. The third kappa shape index (κ3) is 5.02. The van der Waals surface area contributed by atoms with Gasteiger partial charge in [0.15, 0.2) is 25.5 Å². The molecule has 8 nitrogen and oxygen atoms in total. The average Bonchev–Trinajstić information content (AvgIpc) is 2.74. The monoisotopic (exact) mass is 410 g/mol. The van der Waals surface area contributed by atoms with Crippen molar-refractivity contribution in [3.63, 3.8) is 0 Å². The Morgan fingerprint density at radius 3 is 2.40 bits per heavy atom. The van der Waals surface area contributed by atoms with Crippen LogP contribution >= 0.6 is 0 Å². The van der Waals surface area contributed by atoms with Crippen LogP contribution in [0.2, 0.25) is 0 Å². The maximum atomic E-state index is 12.4. The summed E-state index contributed by atoms with van der Waals surface area (Å²) in [6.45, 7) is 4.39. The van der Waals surface area contributed by atoms with Gasteiger partial charge >= 0.3 is 18.0 Å². The highest BCUT2D eigenvalue weighted by Gasteiger charge is 2.32. The molecule has 0 radical (unpaired) electrons. The van der Waals surface area contributed by atoms with Crippen LogP contribution in [0.4, 0.5) is 4.79 Å². The summed E-state index contributed by atoms with van der Waals surface area (Å²) in [4.78, 5) is 36.6. The van der Waals surface area contributed by atoms with E-state index in [9.17, 15) is 14.4 Å². The molecule has 1 aliphatic heterocycles. The van der Waals surface area contributed by atoms with Crippen molar-refractivity contribution < 1.29 is 28.4 Å². The van der Waals surface area contributed by atoms with Crippen LogP contribution in [0.15, 0.2) is 66.1 Å². The first-order valence-corrected chi connectivity index (χ1v) is 9.66. The van der Waals surface area contributed by atoms with Gasteiger partial charge in [0.25, 0.3) is 0 Å². The number of pyridine rings is 1. The Morgan fingerprint density at radius 2 is 1.73 bits per heavy atom. The molecule has 0 spiro atoms. The number of esters is 2. The molecule has 1 aromatic heterocycles. The van der Waals surface area contributed by atoms with E-state index in [1.807, 2.05) is 35.2 Å². The Kier molecular flexibility index (Phi) is 6.79. The fourth-order valence-corrected chi connectivity index (χ4v) is 3.15. The fraction of sp³-hybridized carbons (Fsp3) is 0.273. The standard InChI is InChI=1S/C22H23N3O5/c1-3-29-21(27)18-15(2)23-22(28)24-19(18)16-7-9-17(10-8-16)20(26)30-14-13-25-11-5-4-6-12-25/h4-12,19H,3,13-14H2,1-2H3,(H-,23,24,27,28)/p+1. The predicted octanol–water partition coefficient (Wildman–Crippen LogP) is 2.02. The van der Waals surface area contributed by atoms with Crippen molar-refractivity contribution in [1.29, 1.82) is 0 Å². The highest BCUT2D eigenvalue weighted by atomic mass is 16.5. The summed E-state index contributed by atoms with van der Waals surface area (Å²) in [6.07, 6.45) is 3.79. The second-order valence-electron chi connectivity index (χ2n) is 6.66. The summed E-state index contributed by atoms with van der Waals surface area (Å²) < 4.78 is 12.4. The number of benzene rings is 1. The molecule has 30 heavy (non-hydrogen) atoms. The summed E-state index contributed by atoms with van der Waals surface area (Å²) >= 11 is 0. The number of ether oxygens (including phenoxy) is 2. The lowest BCUT2D eigenvalue weighted by atomic mass is 9.95. The van der Waals surface area contributed by atoms with Crippen molar-refractivity contribution in [2.24, 2.45) is 0 Å². The van der Waals surface area contributed by atoms with Gasteiger partial charge in [-0.3, -0.25) is 0 Å². The molecule has 0 saturated carbocycles. The van der Waals surface area contributed by atoms with Crippen molar-refractivity contribution in [3.8, 4) is 0 Å². The lowest BCUT2D eigenvalue weighted by Crippen LogP contribution is -2.45. The van der Waals surface area contributed by atoms with Crippen LogP contribution in [0.3, 0.4) is 0 Å². The number of nitrogens with one attached hydrogen (secondary N) is 2. The second kappa shape index (κ2) is 9.69. The maximum Gasteiger partial charge on any atom is 0.338 e. The van der Waals surface area contributed by atoms with Crippen LogP contribution in [0.1, 0.15) is 35.8 Å². The molecular formula is C22H24N3O5+. The molecule has 2 N–H and O–H groups in total. The van der Waals surface area contributed by atoms with E-state index in [1.165, 1.54) is 0 Å². The first kappa shape index (κ1) is 21.0. The summed E-state index contributed by atoms with van der Waals surface area (Å²) in [6, 6.07) is 11.2. The number of hydrogen-bond donors (Lipinski definition) is 2. The lowest BCUT2D eigenvalue weighted by Gasteiger charge is -2.28. The normalized spacial score (nSPS) is 15.8. The summed E-state index contributed by atoms with van der Waals surface area (Å²) in [7, 11) is 0. The first-order chi connectivity index (χ1) is 14.5. The van der Waals surface area contributed by atoms with E-state index in [-0.39, 0.29) is 13.2 Å². The van der Waals surface area contributed by atoms with E-state index < -0.39 is 24.0 Å². The Bertz CT molecular complexity index is 954. The number of carbonyl (C=O) groups excluding carboxylic acids is 3. The van der Waals surface area contributed by atoms with Gasteiger partial charge in [0.05, 0.1) is 23.8 Å². The first-order valence-electron chi connectivity index (χ1n) is 9.66. The van der Waals surface area contributed by atoms with Gasteiger partial charge in [-0.25, -0.2) is 19.0 Å². The highest BCUT2D eigenvalue weighted by Crippen LogP contribution is 2.27. The van der Waals surface area contributed by atoms with Crippen LogP contribution in [-0.2, 0) is 20.8 Å². The van der Waals surface area contributed by atoms with Gasteiger partial charge in [-0.05, 0) is 31.5 Å². The summed E-state index contributed by atoms with van der Waals surface area (Å²) in [5.41, 5.74) is 1.80. The Balaban J connectivity index is 1.69. The molecule has 1 aliphatic rings. The minimum Gasteiger partial charge on any atom is -0.463 e. The minimum absolute atomic E-state index is 0.225. The number of urea groups is 1. The smallest absolute Gasteiger partial charge is 0.338 e. The molecule has 8 heteroatoms. The SMILES string of the molecule is CCOC(=O)C1=C(C)NC(=O)NC1c1ccc(C(=O)OCC[n+]2ccccc2)cc1. The molecule has 1 atom stereocenters. The third-order valence-corrected chi connectivity index (χ3v) is 4.60. The molecule has 1 unspecified atom stereocenters. The number of nitrogens with zero attached hydrogens (tertiary/aromatic N) is 1. The number of allylic oxidation sites excluding steroid dienone is 1. The minimum atomic E-state index is -0.669. The molecular weight excluding hydrogens is 386 g/mol. The van der Waals surface area contributed by atoms with E-state index in [0.717, 1.165) is 0 Å². The molecule has 0 aliphatic carbocycles. The van der Waals surface area contributed by atoms with Crippen LogP contribution in [-0.4, -0.2) is 31.2 Å². The van der Waals surface area contributed by atoms with Gasteiger partial charge in [-0.2, -0.15) is 0 Å². The van der Waals surface area contributed by atoms with Gasteiger partial charge in [0, 0.05) is 17.8 Å². The molecule has 0 bridgehead atoms. The van der Waals surface area contributed by atoms with Gasteiger partial charge in [-0.15, -0.1) is 0 Å². The van der Waals surface area contributed by atoms with E-state index in [2.05, 4.69) is 10.6 Å². The highest BCUT2D eigenvalue weighted by molar-refractivity contribution is 5.95. The predicted molar refractivity (Wildman–Crippen MR) is 107 cm³/mol. The van der Waals surface area contributed by atoms with Crippen LogP contribution < -0.4 is 15.2 Å². The van der Waals surface area contributed by atoms with Crippen LogP contribution in [0.5, 0.6) is 0 Å². The van der Waals surface area contributed by atoms with Crippen molar-refractivity contribution >= 4 is 18.0 Å². The molecule has 156 valence electrons. The molecule has 2 amide bonds. The van der Waals surface area contributed by atoms with E-state index >= 15 is 0 Å². The second-order valence-corrected chi connectivity index (χ2v) is 6.66. The third-order valence-electron chi connectivity index (χ3n) is 4.60. The zero-order chi connectivity index (χ0) is 21.5. The number of carbonyl (C=O) groups is 3. The average molecular weight is 410 g/mol. The molecule has 2 aromatic rings. The van der Waals surface area contributed by atoms with Crippen molar-refractivity contribution in [2.75, 3.05) is 13.2 Å². The lowest BCUT2D eigenvalue weighted by molar-refractivity contribution is -0.697. The molecule has 1 aromatic carbocycles.